The van der Waals surface area contributed by atoms with Crippen LogP contribution >= 0.6 is 0 Å². The Kier molecular flexibility index (Phi) is 6.59. The van der Waals surface area contributed by atoms with E-state index in [1.165, 1.54) is 63.4 Å². The number of hydrogen-bond donors (Lipinski definition) is 1. The summed E-state index contributed by atoms with van der Waals surface area (Å²) in [6.45, 7) is 2.27. The van der Waals surface area contributed by atoms with E-state index < -0.39 is 0 Å². The van der Waals surface area contributed by atoms with Crippen molar-refractivity contribution in [2.24, 2.45) is 0 Å². The Labute approximate surface area is 125 Å². The molecule has 1 nitrogen and oxygen atoms in total. The van der Waals surface area contributed by atoms with Gasteiger partial charge in [-0.3, -0.25) is 0 Å². The van der Waals surface area contributed by atoms with Gasteiger partial charge in [0.25, 0.3) is 0 Å². The lowest BCUT2D eigenvalue weighted by Crippen LogP contribution is -2.16. The van der Waals surface area contributed by atoms with E-state index >= 15 is 0 Å². The normalized spacial score (nSPS) is 18.1. The molecule has 0 spiro atoms. The molecule has 1 unspecified atom stereocenters. The zero-order valence-electron chi connectivity index (χ0n) is 13.3. The maximum Gasteiger partial charge on any atom is 0.0317 e. The van der Waals surface area contributed by atoms with Crippen molar-refractivity contribution >= 4 is 0 Å². The Hall–Kier alpha value is -0.820. The molecule has 0 radical (unpaired) electrons. The highest BCUT2D eigenvalue weighted by molar-refractivity contribution is 5.27. The predicted molar refractivity (Wildman–Crippen MR) is 88.2 cm³/mol. The first kappa shape index (κ1) is 15.6. The highest BCUT2D eigenvalue weighted by atomic mass is 14.9. The Morgan fingerprint density at radius 2 is 1.75 bits per heavy atom. The lowest BCUT2D eigenvalue weighted by atomic mass is 9.83. The molecule has 20 heavy (non-hydrogen) atoms. The molecule has 0 saturated heterocycles. The molecule has 0 bridgehead atoms. The van der Waals surface area contributed by atoms with E-state index in [-0.39, 0.29) is 0 Å². The van der Waals surface area contributed by atoms with Crippen LogP contribution < -0.4 is 5.32 Å². The smallest absolute Gasteiger partial charge is 0.0317 e. The summed E-state index contributed by atoms with van der Waals surface area (Å²) in [5.41, 5.74) is 3.03. The molecule has 1 aliphatic rings. The highest BCUT2D eigenvalue weighted by Gasteiger charge is 2.16. The van der Waals surface area contributed by atoms with Gasteiger partial charge in [-0.25, -0.2) is 0 Å². The topological polar surface area (TPSA) is 12.0 Å². The molecule has 1 N–H and O–H groups in total. The first-order valence-electron chi connectivity index (χ1n) is 8.62. The average molecular weight is 273 g/mol. The van der Waals surface area contributed by atoms with Gasteiger partial charge in [-0.2, -0.15) is 0 Å². The molecule has 0 amide bonds. The van der Waals surface area contributed by atoms with Crippen LogP contribution in [0.4, 0.5) is 0 Å². The first-order valence-corrected chi connectivity index (χ1v) is 8.62. The van der Waals surface area contributed by atoms with E-state index in [1.54, 1.807) is 5.56 Å². The van der Waals surface area contributed by atoms with Crippen molar-refractivity contribution in [3.05, 3.63) is 35.4 Å². The Morgan fingerprint density at radius 1 is 1.05 bits per heavy atom. The van der Waals surface area contributed by atoms with Gasteiger partial charge in [-0.05, 0) is 43.4 Å². The number of hydrogen-bond acceptors (Lipinski definition) is 1. The minimum absolute atomic E-state index is 0.530. The molecule has 0 aromatic heterocycles. The van der Waals surface area contributed by atoms with Crippen LogP contribution in [-0.4, -0.2) is 7.05 Å². The van der Waals surface area contributed by atoms with Crippen LogP contribution in [0, 0.1) is 0 Å². The molecule has 1 heteroatoms. The fraction of sp³-hybridized carbons (Fsp3) is 0.684. The molecule has 1 fully saturated rings. The van der Waals surface area contributed by atoms with Crippen LogP contribution in [0.15, 0.2) is 24.3 Å². The third kappa shape index (κ3) is 4.34. The minimum atomic E-state index is 0.530. The fourth-order valence-corrected chi connectivity index (χ4v) is 3.51. The molecule has 1 atom stereocenters. The Bertz CT molecular complexity index is 362. The van der Waals surface area contributed by atoms with Gasteiger partial charge in [0, 0.05) is 6.04 Å². The highest BCUT2D eigenvalue weighted by Crippen LogP contribution is 2.33. The third-order valence-corrected chi connectivity index (χ3v) is 4.86. The maximum absolute atomic E-state index is 3.48. The van der Waals surface area contributed by atoms with Crippen LogP contribution in [0.25, 0.3) is 0 Å². The van der Waals surface area contributed by atoms with E-state index in [4.69, 9.17) is 0 Å². The molecule has 1 saturated carbocycles. The summed E-state index contributed by atoms with van der Waals surface area (Å²) in [5, 5.41) is 3.48. The number of unbranched alkanes of at least 4 members (excludes halogenated alkanes) is 2. The van der Waals surface area contributed by atoms with Crippen LogP contribution in [0.3, 0.4) is 0 Å². The van der Waals surface area contributed by atoms with Gasteiger partial charge < -0.3 is 5.32 Å². The second kappa shape index (κ2) is 8.46. The van der Waals surface area contributed by atoms with Crippen molar-refractivity contribution in [1.29, 1.82) is 0 Å². The van der Waals surface area contributed by atoms with Crippen LogP contribution in [0.1, 0.15) is 87.8 Å². The second-order valence-corrected chi connectivity index (χ2v) is 6.34. The summed E-state index contributed by atoms with van der Waals surface area (Å²) in [4.78, 5) is 0. The predicted octanol–water partition coefficient (Wildman–Crippen LogP) is 5.58. The van der Waals surface area contributed by atoms with Gasteiger partial charge in [0.2, 0.25) is 0 Å². The van der Waals surface area contributed by atoms with Crippen molar-refractivity contribution in [2.45, 2.75) is 76.7 Å². The van der Waals surface area contributed by atoms with Gasteiger partial charge >= 0.3 is 0 Å². The van der Waals surface area contributed by atoms with Gasteiger partial charge in [-0.15, -0.1) is 0 Å². The lowest BCUT2D eigenvalue weighted by Gasteiger charge is -2.23. The van der Waals surface area contributed by atoms with Gasteiger partial charge in [-0.1, -0.05) is 69.7 Å². The van der Waals surface area contributed by atoms with E-state index in [0.717, 1.165) is 5.92 Å². The summed E-state index contributed by atoms with van der Waals surface area (Å²) in [5.74, 6) is 0.825. The van der Waals surface area contributed by atoms with Gasteiger partial charge in [0.15, 0.2) is 0 Å². The van der Waals surface area contributed by atoms with Crippen molar-refractivity contribution in [3.8, 4) is 0 Å². The van der Waals surface area contributed by atoms with Crippen molar-refractivity contribution < 1.29 is 0 Å². The Balaban J connectivity index is 1.94. The monoisotopic (exact) mass is 273 g/mol. The zero-order chi connectivity index (χ0) is 14.2. The summed E-state index contributed by atoms with van der Waals surface area (Å²) >= 11 is 0. The maximum atomic E-state index is 3.48. The van der Waals surface area contributed by atoms with Crippen LogP contribution in [0.5, 0.6) is 0 Å². The first-order chi connectivity index (χ1) is 9.85. The molecule has 1 aliphatic carbocycles. The zero-order valence-corrected chi connectivity index (χ0v) is 13.3. The molecule has 1 aromatic rings. The largest absolute Gasteiger partial charge is 0.313 e. The molecule has 0 heterocycles. The lowest BCUT2D eigenvalue weighted by molar-refractivity contribution is 0.443. The molecule has 0 aliphatic heterocycles. The van der Waals surface area contributed by atoms with E-state index in [0.29, 0.717) is 6.04 Å². The van der Waals surface area contributed by atoms with Gasteiger partial charge in [0.1, 0.15) is 0 Å². The summed E-state index contributed by atoms with van der Waals surface area (Å²) in [6.07, 6.45) is 12.3. The quantitative estimate of drug-likeness (QED) is 0.640. The molecule has 1 aromatic carbocycles. The van der Waals surface area contributed by atoms with Crippen LogP contribution in [0.2, 0.25) is 0 Å². The SMILES string of the molecule is CCCCCC(NC)c1ccc(C2CCCCC2)cc1. The van der Waals surface area contributed by atoms with Crippen molar-refractivity contribution in [2.75, 3.05) is 7.05 Å². The summed E-state index contributed by atoms with van der Waals surface area (Å²) in [7, 11) is 2.09. The standard InChI is InChI=1S/C19H31N/c1-3-4-6-11-19(20-2)18-14-12-17(13-15-18)16-9-7-5-8-10-16/h12-16,19-20H,3-11H2,1-2H3. The third-order valence-electron chi connectivity index (χ3n) is 4.86. The van der Waals surface area contributed by atoms with E-state index in [1.807, 2.05) is 0 Å². The number of nitrogens with one attached hydrogen (secondary N) is 1. The van der Waals surface area contributed by atoms with Crippen molar-refractivity contribution in [1.82, 2.24) is 5.32 Å². The Morgan fingerprint density at radius 3 is 2.35 bits per heavy atom. The second-order valence-electron chi connectivity index (χ2n) is 6.34. The van der Waals surface area contributed by atoms with Crippen molar-refractivity contribution in [3.63, 3.8) is 0 Å². The molecule has 112 valence electrons. The molecule has 2 rings (SSSR count). The number of benzene rings is 1. The number of rotatable bonds is 7. The molecular formula is C19H31N. The fourth-order valence-electron chi connectivity index (χ4n) is 3.51. The summed E-state index contributed by atoms with van der Waals surface area (Å²) in [6, 6.07) is 10.0. The summed E-state index contributed by atoms with van der Waals surface area (Å²) < 4.78 is 0. The van der Waals surface area contributed by atoms with Crippen LogP contribution in [-0.2, 0) is 0 Å². The van der Waals surface area contributed by atoms with E-state index in [9.17, 15) is 0 Å². The molecular weight excluding hydrogens is 242 g/mol. The van der Waals surface area contributed by atoms with Gasteiger partial charge in [0.05, 0.1) is 0 Å². The van der Waals surface area contributed by atoms with E-state index in [2.05, 4.69) is 43.6 Å². The minimum Gasteiger partial charge on any atom is -0.313 e. The average Bonchev–Trinajstić information content (AvgIpc) is 2.53.